The van der Waals surface area contributed by atoms with E-state index in [-0.39, 0.29) is 18.6 Å². The second-order valence-electron chi connectivity index (χ2n) is 5.64. The summed E-state index contributed by atoms with van der Waals surface area (Å²) in [6, 6.07) is 1.96. The summed E-state index contributed by atoms with van der Waals surface area (Å²) >= 11 is 0. The molecular formula is C16H19N3O2. The fourth-order valence-corrected chi connectivity index (χ4v) is 3.15. The van der Waals surface area contributed by atoms with Crippen molar-refractivity contribution in [2.45, 2.75) is 18.9 Å². The van der Waals surface area contributed by atoms with Gasteiger partial charge >= 0.3 is 0 Å². The lowest BCUT2D eigenvalue weighted by Gasteiger charge is -2.44. The molecule has 1 amide bonds. The summed E-state index contributed by atoms with van der Waals surface area (Å²) < 4.78 is 0. The number of carbonyl (C=O) groups is 1. The van der Waals surface area contributed by atoms with Crippen molar-refractivity contribution < 1.29 is 9.90 Å². The Morgan fingerprint density at radius 3 is 2.90 bits per heavy atom. The molecule has 4 rings (SSSR count). The van der Waals surface area contributed by atoms with Gasteiger partial charge in [0, 0.05) is 30.5 Å². The number of carbonyl (C=O) groups excluding carboxylic acids is 1. The minimum absolute atomic E-state index is 0.0890. The van der Waals surface area contributed by atoms with Crippen LogP contribution in [0.3, 0.4) is 0 Å². The monoisotopic (exact) mass is 285 g/mol. The molecule has 21 heavy (non-hydrogen) atoms. The first-order valence-corrected chi connectivity index (χ1v) is 7.34. The van der Waals surface area contributed by atoms with E-state index in [1.165, 1.54) is 12.8 Å². The Hall–Kier alpha value is -1.90. The Morgan fingerprint density at radius 1 is 1.43 bits per heavy atom. The number of hydrogen-bond donors (Lipinski definition) is 2. The number of nitrogens with one attached hydrogen (secondary N) is 1. The summed E-state index contributed by atoms with van der Waals surface area (Å²) in [4.78, 5) is 18.8. The van der Waals surface area contributed by atoms with Gasteiger partial charge in [0.1, 0.15) is 6.61 Å². The van der Waals surface area contributed by atoms with Crippen molar-refractivity contribution in [1.29, 1.82) is 0 Å². The molecule has 0 spiro atoms. The SMILES string of the molecule is O=C(NC1CN2CCC1CC2)c1cncc(C#CCO)c1. The first-order chi connectivity index (χ1) is 10.3. The largest absolute Gasteiger partial charge is 0.384 e. The highest BCUT2D eigenvalue weighted by Gasteiger charge is 2.34. The lowest BCUT2D eigenvalue weighted by molar-refractivity contribution is 0.0620. The molecule has 1 aromatic heterocycles. The molecule has 3 aliphatic heterocycles. The average molecular weight is 285 g/mol. The number of aliphatic hydroxyl groups excluding tert-OH is 1. The highest BCUT2D eigenvalue weighted by molar-refractivity contribution is 5.94. The maximum absolute atomic E-state index is 12.3. The molecule has 3 saturated heterocycles. The Bertz CT molecular complexity index is 583. The lowest BCUT2D eigenvalue weighted by Crippen LogP contribution is -2.57. The van der Waals surface area contributed by atoms with Gasteiger partial charge in [-0.2, -0.15) is 0 Å². The standard InChI is InChI=1S/C16H19N3O2/c20-7-1-2-12-8-14(10-17-9-12)16(21)18-15-11-19-5-3-13(15)4-6-19/h8-10,13,15,20H,3-7,11H2,(H,18,21). The van der Waals surface area contributed by atoms with Crippen LogP contribution in [0.25, 0.3) is 0 Å². The summed E-state index contributed by atoms with van der Waals surface area (Å²) in [5, 5.41) is 11.8. The Balaban J connectivity index is 1.68. The van der Waals surface area contributed by atoms with Gasteiger partial charge in [0.25, 0.3) is 5.91 Å². The Morgan fingerprint density at radius 2 is 2.24 bits per heavy atom. The first kappa shape index (κ1) is 14.1. The third kappa shape index (κ3) is 3.23. The van der Waals surface area contributed by atoms with E-state index < -0.39 is 0 Å². The Kier molecular flexibility index (Phi) is 4.18. The van der Waals surface area contributed by atoms with Crippen molar-refractivity contribution >= 4 is 5.91 Å². The van der Waals surface area contributed by atoms with Crippen molar-refractivity contribution in [1.82, 2.24) is 15.2 Å². The van der Waals surface area contributed by atoms with Gasteiger partial charge in [0.15, 0.2) is 0 Å². The fourth-order valence-electron chi connectivity index (χ4n) is 3.15. The molecule has 5 heteroatoms. The molecule has 0 saturated carbocycles. The van der Waals surface area contributed by atoms with Crippen molar-refractivity contribution in [2.24, 2.45) is 5.92 Å². The zero-order chi connectivity index (χ0) is 14.7. The molecule has 1 atom stereocenters. The molecule has 2 bridgehead atoms. The molecule has 0 radical (unpaired) electrons. The summed E-state index contributed by atoms with van der Waals surface area (Å²) in [5.41, 5.74) is 1.17. The van der Waals surface area contributed by atoms with Crippen LogP contribution < -0.4 is 5.32 Å². The highest BCUT2D eigenvalue weighted by atomic mass is 16.2. The van der Waals surface area contributed by atoms with Crippen molar-refractivity contribution in [3.63, 3.8) is 0 Å². The van der Waals surface area contributed by atoms with E-state index in [0.29, 0.717) is 17.0 Å². The average Bonchev–Trinajstić information content (AvgIpc) is 2.54. The van der Waals surface area contributed by atoms with Crippen LogP contribution in [0.15, 0.2) is 18.5 Å². The number of pyridine rings is 1. The summed E-state index contributed by atoms with van der Waals surface area (Å²) in [5.74, 6) is 5.84. The molecular weight excluding hydrogens is 266 g/mol. The summed E-state index contributed by atoms with van der Waals surface area (Å²) in [6.45, 7) is 3.07. The van der Waals surface area contributed by atoms with Crippen molar-refractivity contribution in [2.75, 3.05) is 26.2 Å². The topological polar surface area (TPSA) is 65.5 Å². The van der Waals surface area contributed by atoms with E-state index in [0.717, 1.165) is 19.6 Å². The van der Waals surface area contributed by atoms with E-state index >= 15 is 0 Å². The Labute approximate surface area is 124 Å². The van der Waals surface area contributed by atoms with Crippen LogP contribution in [0.1, 0.15) is 28.8 Å². The summed E-state index contributed by atoms with van der Waals surface area (Å²) in [7, 11) is 0. The van der Waals surface area contributed by atoms with Gasteiger partial charge in [-0.25, -0.2) is 0 Å². The number of piperidine rings is 3. The molecule has 1 unspecified atom stereocenters. The van der Waals surface area contributed by atoms with Crippen molar-refractivity contribution in [3.05, 3.63) is 29.6 Å². The quantitative estimate of drug-likeness (QED) is 0.765. The van der Waals surface area contributed by atoms with E-state index in [9.17, 15) is 4.79 Å². The third-order valence-electron chi connectivity index (χ3n) is 4.28. The fraction of sp³-hybridized carbons (Fsp3) is 0.500. The number of nitrogens with zero attached hydrogens (tertiary/aromatic N) is 2. The first-order valence-electron chi connectivity index (χ1n) is 7.34. The van der Waals surface area contributed by atoms with Crippen LogP contribution in [0.2, 0.25) is 0 Å². The van der Waals surface area contributed by atoms with E-state index in [1.54, 1.807) is 18.5 Å². The van der Waals surface area contributed by atoms with Gasteiger partial charge in [-0.3, -0.25) is 9.78 Å². The molecule has 1 aromatic rings. The van der Waals surface area contributed by atoms with Gasteiger partial charge in [0.05, 0.1) is 5.56 Å². The second kappa shape index (κ2) is 6.25. The third-order valence-corrected chi connectivity index (χ3v) is 4.28. The number of rotatable bonds is 2. The zero-order valence-electron chi connectivity index (χ0n) is 11.9. The van der Waals surface area contributed by atoms with Crippen LogP contribution in [0, 0.1) is 17.8 Å². The van der Waals surface area contributed by atoms with Crippen LogP contribution in [-0.4, -0.2) is 53.2 Å². The minimum atomic E-state index is -0.198. The van der Waals surface area contributed by atoms with Crippen LogP contribution in [-0.2, 0) is 0 Å². The number of amides is 1. The number of fused-ring (bicyclic) bond motifs is 3. The van der Waals surface area contributed by atoms with Crippen molar-refractivity contribution in [3.8, 4) is 11.8 Å². The minimum Gasteiger partial charge on any atom is -0.384 e. The van der Waals surface area contributed by atoms with Crippen LogP contribution in [0.5, 0.6) is 0 Å². The molecule has 4 heterocycles. The maximum Gasteiger partial charge on any atom is 0.253 e. The molecule has 3 aliphatic rings. The second-order valence-corrected chi connectivity index (χ2v) is 5.64. The predicted octanol–water partition coefficient (Wildman–Crippen LogP) is 0.249. The number of aromatic nitrogens is 1. The number of aliphatic hydroxyl groups is 1. The van der Waals surface area contributed by atoms with Gasteiger partial charge in [-0.1, -0.05) is 11.8 Å². The zero-order valence-corrected chi connectivity index (χ0v) is 11.9. The molecule has 3 fully saturated rings. The van der Waals surface area contributed by atoms with E-state index in [1.807, 2.05) is 0 Å². The highest BCUT2D eigenvalue weighted by Crippen LogP contribution is 2.27. The van der Waals surface area contributed by atoms with Crippen LogP contribution >= 0.6 is 0 Å². The van der Waals surface area contributed by atoms with Gasteiger partial charge < -0.3 is 15.3 Å². The van der Waals surface area contributed by atoms with Crippen LogP contribution in [0.4, 0.5) is 0 Å². The number of hydrogen-bond acceptors (Lipinski definition) is 4. The normalized spacial score (nSPS) is 26.8. The van der Waals surface area contributed by atoms with E-state index in [2.05, 4.69) is 27.0 Å². The molecule has 110 valence electrons. The van der Waals surface area contributed by atoms with Gasteiger partial charge in [-0.15, -0.1) is 0 Å². The molecule has 0 aliphatic carbocycles. The van der Waals surface area contributed by atoms with Gasteiger partial charge in [-0.05, 0) is 37.9 Å². The molecule has 5 nitrogen and oxygen atoms in total. The smallest absolute Gasteiger partial charge is 0.253 e. The summed E-state index contributed by atoms with van der Waals surface area (Å²) in [6.07, 6.45) is 5.49. The van der Waals surface area contributed by atoms with E-state index in [4.69, 9.17) is 5.11 Å². The molecule has 0 aromatic carbocycles. The predicted molar refractivity (Wildman–Crippen MR) is 78.6 cm³/mol. The lowest BCUT2D eigenvalue weighted by atomic mass is 9.84. The maximum atomic E-state index is 12.3. The van der Waals surface area contributed by atoms with Gasteiger partial charge in [0.2, 0.25) is 0 Å². The molecule has 2 N–H and O–H groups in total.